The highest BCUT2D eigenvalue weighted by Crippen LogP contribution is 2.23. The molecule has 0 unspecified atom stereocenters. The molecule has 2 nitrogen and oxygen atoms in total. The first-order chi connectivity index (χ1) is 8.02. The van der Waals surface area contributed by atoms with E-state index < -0.39 is 0 Å². The molecule has 2 N–H and O–H groups in total. The lowest BCUT2D eigenvalue weighted by molar-refractivity contribution is 0.466. The summed E-state index contributed by atoms with van der Waals surface area (Å²) in [5, 5.41) is 18.0. The lowest BCUT2D eigenvalue weighted by Crippen LogP contribution is -1.83. The summed E-state index contributed by atoms with van der Waals surface area (Å²) in [6.07, 6.45) is 0. The second-order valence-electron chi connectivity index (χ2n) is 4.01. The Kier molecular flexibility index (Phi) is 4.58. The minimum Gasteiger partial charge on any atom is -0.508 e. The predicted octanol–water partition coefficient (Wildman–Crippen LogP) is 3.71. The molecular formula is C15H18O2. The van der Waals surface area contributed by atoms with Gasteiger partial charge in [-0.3, -0.25) is 0 Å². The molecule has 0 amide bonds. The third kappa shape index (κ3) is 3.83. The number of hydrogen-bond acceptors (Lipinski definition) is 2. The standard InChI is InChI=1S/C9H12O.C6H6O/c1-6-4-5-7(2)9(10)8(6)3;7-6-4-2-1-3-5-6/h4-5,10H,1-3H3;1-5,7H. The van der Waals surface area contributed by atoms with Crippen molar-refractivity contribution in [3.8, 4) is 11.5 Å². The normalized spacial score (nSPS) is 9.35. The maximum Gasteiger partial charge on any atom is 0.121 e. The number of phenols is 2. The molecule has 0 saturated carbocycles. The van der Waals surface area contributed by atoms with Gasteiger partial charge < -0.3 is 10.2 Å². The van der Waals surface area contributed by atoms with Crippen molar-refractivity contribution in [3.05, 3.63) is 59.2 Å². The fraction of sp³-hybridized carbons (Fsp3) is 0.200. The van der Waals surface area contributed by atoms with Gasteiger partial charge in [-0.2, -0.15) is 0 Å². The second-order valence-corrected chi connectivity index (χ2v) is 4.01. The highest BCUT2D eigenvalue weighted by molar-refractivity contribution is 5.43. The Bertz CT molecular complexity index is 449. The Hall–Kier alpha value is -1.96. The fourth-order valence-electron chi connectivity index (χ4n) is 1.36. The first-order valence-electron chi connectivity index (χ1n) is 5.52. The number of hydrogen-bond donors (Lipinski definition) is 2. The lowest BCUT2D eigenvalue weighted by Gasteiger charge is -2.04. The van der Waals surface area contributed by atoms with E-state index in [2.05, 4.69) is 0 Å². The molecule has 0 aliphatic heterocycles. The van der Waals surface area contributed by atoms with Crippen molar-refractivity contribution in [3.63, 3.8) is 0 Å². The third-order valence-electron chi connectivity index (χ3n) is 2.66. The summed E-state index contributed by atoms with van der Waals surface area (Å²) in [5.41, 5.74) is 3.08. The number of benzene rings is 2. The summed E-state index contributed by atoms with van der Waals surface area (Å²) in [6, 6.07) is 12.7. The average molecular weight is 230 g/mol. The van der Waals surface area contributed by atoms with Gasteiger partial charge >= 0.3 is 0 Å². The van der Waals surface area contributed by atoms with Gasteiger partial charge in [-0.05, 0) is 49.6 Å². The van der Waals surface area contributed by atoms with Gasteiger partial charge in [0.2, 0.25) is 0 Å². The van der Waals surface area contributed by atoms with Gasteiger partial charge in [0.05, 0.1) is 0 Å². The van der Waals surface area contributed by atoms with Gasteiger partial charge in [-0.25, -0.2) is 0 Å². The Morgan fingerprint density at radius 1 is 0.706 bits per heavy atom. The highest BCUT2D eigenvalue weighted by Gasteiger charge is 2.00. The SMILES string of the molecule is Cc1ccc(C)c(O)c1C.Oc1ccccc1. The molecule has 0 aliphatic rings. The molecule has 0 spiro atoms. The van der Waals surface area contributed by atoms with Crippen molar-refractivity contribution in [1.29, 1.82) is 0 Å². The van der Waals surface area contributed by atoms with Gasteiger partial charge in [-0.15, -0.1) is 0 Å². The van der Waals surface area contributed by atoms with E-state index >= 15 is 0 Å². The van der Waals surface area contributed by atoms with Crippen molar-refractivity contribution in [2.45, 2.75) is 20.8 Å². The van der Waals surface area contributed by atoms with Crippen LogP contribution in [0.3, 0.4) is 0 Å². The summed E-state index contributed by atoms with van der Waals surface area (Å²) in [7, 11) is 0. The Labute approximate surface area is 102 Å². The minimum atomic E-state index is 0.322. The van der Waals surface area contributed by atoms with Crippen LogP contribution in [0.15, 0.2) is 42.5 Å². The van der Waals surface area contributed by atoms with Crippen LogP contribution in [0, 0.1) is 20.8 Å². The molecule has 0 atom stereocenters. The average Bonchev–Trinajstić information content (AvgIpc) is 2.33. The maximum absolute atomic E-state index is 9.39. The molecular weight excluding hydrogens is 212 g/mol. The van der Waals surface area contributed by atoms with Crippen molar-refractivity contribution < 1.29 is 10.2 Å². The van der Waals surface area contributed by atoms with E-state index in [0.29, 0.717) is 11.5 Å². The van der Waals surface area contributed by atoms with Gasteiger partial charge in [-0.1, -0.05) is 30.3 Å². The largest absolute Gasteiger partial charge is 0.508 e. The number of para-hydroxylation sites is 1. The zero-order chi connectivity index (χ0) is 12.8. The molecule has 2 aromatic carbocycles. The quantitative estimate of drug-likeness (QED) is 0.724. The molecule has 0 fully saturated rings. The molecule has 2 aromatic rings. The van der Waals surface area contributed by atoms with Crippen LogP contribution in [0.1, 0.15) is 16.7 Å². The minimum absolute atomic E-state index is 0.322. The molecule has 0 heterocycles. The van der Waals surface area contributed by atoms with E-state index in [-0.39, 0.29) is 0 Å². The van der Waals surface area contributed by atoms with Gasteiger partial charge in [0.1, 0.15) is 11.5 Å². The first-order valence-corrected chi connectivity index (χ1v) is 5.52. The highest BCUT2D eigenvalue weighted by atomic mass is 16.3. The molecule has 17 heavy (non-hydrogen) atoms. The van der Waals surface area contributed by atoms with Crippen molar-refractivity contribution >= 4 is 0 Å². The molecule has 0 saturated heterocycles. The second kappa shape index (κ2) is 5.94. The molecule has 0 aromatic heterocycles. The Balaban J connectivity index is 0.000000181. The molecule has 2 heteroatoms. The molecule has 2 rings (SSSR count). The smallest absolute Gasteiger partial charge is 0.121 e. The maximum atomic E-state index is 9.39. The topological polar surface area (TPSA) is 40.5 Å². The summed E-state index contributed by atoms with van der Waals surface area (Å²) in [4.78, 5) is 0. The van der Waals surface area contributed by atoms with Crippen LogP contribution in [0.25, 0.3) is 0 Å². The van der Waals surface area contributed by atoms with E-state index in [4.69, 9.17) is 5.11 Å². The Morgan fingerprint density at radius 3 is 1.65 bits per heavy atom. The van der Waals surface area contributed by atoms with Gasteiger partial charge in [0.15, 0.2) is 0 Å². The zero-order valence-corrected chi connectivity index (χ0v) is 10.4. The monoisotopic (exact) mass is 230 g/mol. The molecule has 0 bridgehead atoms. The van der Waals surface area contributed by atoms with E-state index in [9.17, 15) is 5.11 Å². The predicted molar refractivity (Wildman–Crippen MR) is 70.4 cm³/mol. The fourth-order valence-corrected chi connectivity index (χ4v) is 1.36. The number of aryl methyl sites for hydroxylation is 2. The summed E-state index contributed by atoms with van der Waals surface area (Å²) < 4.78 is 0. The number of rotatable bonds is 0. The van der Waals surface area contributed by atoms with Crippen molar-refractivity contribution in [1.82, 2.24) is 0 Å². The number of aromatic hydroxyl groups is 2. The summed E-state index contributed by atoms with van der Waals surface area (Å²) in [5.74, 6) is 0.752. The first kappa shape index (κ1) is 13.1. The third-order valence-corrected chi connectivity index (χ3v) is 2.66. The van der Waals surface area contributed by atoms with Gasteiger partial charge in [0.25, 0.3) is 0 Å². The molecule has 0 aliphatic carbocycles. The molecule has 0 radical (unpaired) electrons. The van der Waals surface area contributed by atoms with Gasteiger partial charge in [0, 0.05) is 0 Å². The summed E-state index contributed by atoms with van der Waals surface area (Å²) in [6.45, 7) is 5.83. The van der Waals surface area contributed by atoms with Crippen LogP contribution in [0.5, 0.6) is 11.5 Å². The van der Waals surface area contributed by atoms with E-state index in [0.717, 1.165) is 16.7 Å². The zero-order valence-electron chi connectivity index (χ0n) is 10.4. The lowest BCUT2D eigenvalue weighted by atomic mass is 10.1. The van der Waals surface area contributed by atoms with Crippen LogP contribution in [-0.4, -0.2) is 10.2 Å². The Morgan fingerprint density at radius 2 is 1.24 bits per heavy atom. The van der Waals surface area contributed by atoms with Crippen LogP contribution < -0.4 is 0 Å². The van der Waals surface area contributed by atoms with E-state index in [1.54, 1.807) is 24.3 Å². The van der Waals surface area contributed by atoms with Crippen molar-refractivity contribution in [2.24, 2.45) is 0 Å². The van der Waals surface area contributed by atoms with E-state index in [1.807, 2.05) is 39.0 Å². The number of phenolic OH excluding ortho intramolecular Hbond substituents is 2. The van der Waals surface area contributed by atoms with Crippen molar-refractivity contribution in [2.75, 3.05) is 0 Å². The van der Waals surface area contributed by atoms with Crippen LogP contribution in [-0.2, 0) is 0 Å². The van der Waals surface area contributed by atoms with Crippen LogP contribution in [0.4, 0.5) is 0 Å². The molecule has 90 valence electrons. The van der Waals surface area contributed by atoms with Crippen LogP contribution in [0.2, 0.25) is 0 Å². The summed E-state index contributed by atoms with van der Waals surface area (Å²) >= 11 is 0. The van der Waals surface area contributed by atoms with E-state index in [1.165, 1.54) is 0 Å². The van der Waals surface area contributed by atoms with Crippen LogP contribution >= 0.6 is 0 Å².